The maximum absolute atomic E-state index is 11.3. The second-order valence-corrected chi connectivity index (χ2v) is 11.2. The largest absolute Gasteiger partial charge is 0.480 e. The molecule has 0 saturated heterocycles. The molecule has 2 aromatic rings. The van der Waals surface area contributed by atoms with E-state index in [0.717, 1.165) is 46.8 Å². The maximum atomic E-state index is 11.3. The fourth-order valence-corrected chi connectivity index (χ4v) is 5.96. The van der Waals surface area contributed by atoms with E-state index >= 15 is 0 Å². The molecule has 0 fully saturated rings. The van der Waals surface area contributed by atoms with E-state index in [1.54, 1.807) is 25.2 Å². The molecule has 0 atom stereocenters. The molecule has 9 heteroatoms. The highest BCUT2D eigenvalue weighted by Gasteiger charge is 2.29. The Balaban J connectivity index is 0.00000450. The Morgan fingerprint density at radius 3 is 2.40 bits per heavy atom. The van der Waals surface area contributed by atoms with E-state index in [1.165, 1.54) is 55.2 Å². The number of thioether (sulfide) groups is 1. The average Bonchev–Trinajstić information content (AvgIpc) is 3.33. The lowest BCUT2D eigenvalue weighted by molar-refractivity contribution is -0.138. The summed E-state index contributed by atoms with van der Waals surface area (Å²) in [4.78, 5) is 23.2. The SMILES string of the molecule is CCCCCCCN(CCc1csc(SC(C)(C)C(=O)O)n1)c1nc(CC)cs1.Cl. The first-order chi connectivity index (χ1) is 13.9. The van der Waals surface area contributed by atoms with E-state index in [2.05, 4.69) is 34.5 Å². The van der Waals surface area contributed by atoms with Gasteiger partial charge < -0.3 is 10.0 Å². The molecule has 5 nitrogen and oxygen atoms in total. The highest BCUT2D eigenvalue weighted by Crippen LogP contribution is 2.34. The van der Waals surface area contributed by atoms with Gasteiger partial charge in [0.1, 0.15) is 4.75 Å². The summed E-state index contributed by atoms with van der Waals surface area (Å²) in [6, 6.07) is 0. The number of rotatable bonds is 14. The number of nitrogens with zero attached hydrogens (tertiary/aromatic N) is 3. The van der Waals surface area contributed by atoms with Crippen molar-refractivity contribution in [2.24, 2.45) is 0 Å². The van der Waals surface area contributed by atoms with E-state index < -0.39 is 10.7 Å². The van der Waals surface area contributed by atoms with Crippen LogP contribution in [-0.4, -0.2) is 38.9 Å². The molecule has 2 rings (SSSR count). The molecule has 0 aliphatic heterocycles. The van der Waals surface area contributed by atoms with Gasteiger partial charge in [0.15, 0.2) is 9.47 Å². The number of anilines is 1. The monoisotopic (exact) mass is 491 g/mol. The fraction of sp³-hybridized carbons (Fsp3) is 0.667. The summed E-state index contributed by atoms with van der Waals surface area (Å²) >= 11 is 4.58. The summed E-state index contributed by atoms with van der Waals surface area (Å²) in [6.07, 6.45) is 8.13. The number of hydrogen-bond acceptors (Lipinski definition) is 7. The molecule has 0 aliphatic rings. The van der Waals surface area contributed by atoms with Crippen LogP contribution < -0.4 is 4.90 Å². The third-order valence-corrected chi connectivity index (χ3v) is 7.85. The van der Waals surface area contributed by atoms with E-state index in [-0.39, 0.29) is 12.4 Å². The number of aromatic nitrogens is 2. The molecular weight excluding hydrogens is 458 g/mol. The van der Waals surface area contributed by atoms with Crippen LogP contribution in [0, 0.1) is 0 Å². The number of carboxylic acids is 1. The van der Waals surface area contributed by atoms with Crippen LogP contribution in [0.1, 0.15) is 71.2 Å². The van der Waals surface area contributed by atoms with Gasteiger partial charge in [-0.25, -0.2) is 9.97 Å². The summed E-state index contributed by atoms with van der Waals surface area (Å²) in [6.45, 7) is 9.73. The summed E-state index contributed by atoms with van der Waals surface area (Å²) in [7, 11) is 0. The smallest absolute Gasteiger partial charge is 0.319 e. The van der Waals surface area contributed by atoms with Crippen molar-refractivity contribution >= 4 is 57.9 Å². The van der Waals surface area contributed by atoms with Gasteiger partial charge in [-0.15, -0.1) is 35.1 Å². The summed E-state index contributed by atoms with van der Waals surface area (Å²) in [5.41, 5.74) is 2.19. The number of halogens is 1. The number of aliphatic carboxylic acids is 1. The van der Waals surface area contributed by atoms with Crippen LogP contribution in [0.15, 0.2) is 15.1 Å². The van der Waals surface area contributed by atoms with Crippen molar-refractivity contribution < 1.29 is 9.90 Å². The Labute approximate surface area is 199 Å². The van der Waals surface area contributed by atoms with Gasteiger partial charge in [0.25, 0.3) is 0 Å². The number of carboxylic acid groups (broad SMARTS) is 1. The first-order valence-electron chi connectivity index (χ1n) is 10.4. The first kappa shape index (κ1) is 27.2. The van der Waals surface area contributed by atoms with Crippen molar-refractivity contribution in [3.05, 3.63) is 22.1 Å². The molecule has 30 heavy (non-hydrogen) atoms. The highest BCUT2D eigenvalue weighted by atomic mass is 35.5. The molecule has 0 bridgehead atoms. The van der Waals surface area contributed by atoms with Gasteiger partial charge in [0.2, 0.25) is 0 Å². The molecule has 2 aromatic heterocycles. The molecule has 0 spiro atoms. The van der Waals surface area contributed by atoms with Crippen LogP contribution in [0.3, 0.4) is 0 Å². The zero-order chi connectivity index (χ0) is 21.3. The van der Waals surface area contributed by atoms with Crippen LogP contribution in [-0.2, 0) is 17.6 Å². The molecule has 0 unspecified atom stereocenters. The van der Waals surface area contributed by atoms with Crippen LogP contribution in [0.2, 0.25) is 0 Å². The number of aryl methyl sites for hydroxylation is 1. The van der Waals surface area contributed by atoms with Crippen molar-refractivity contribution in [2.75, 3.05) is 18.0 Å². The third-order valence-electron chi connectivity index (χ3n) is 4.73. The zero-order valence-electron chi connectivity index (χ0n) is 18.3. The van der Waals surface area contributed by atoms with Crippen molar-refractivity contribution in [1.82, 2.24) is 9.97 Å². The molecule has 0 aromatic carbocycles. The summed E-state index contributed by atoms with van der Waals surface area (Å²) in [5.74, 6) is -0.816. The van der Waals surface area contributed by atoms with Crippen LogP contribution in [0.25, 0.3) is 0 Å². The average molecular weight is 492 g/mol. The molecular formula is C21H34ClN3O2S3. The number of unbranched alkanes of at least 4 members (excludes halogenated alkanes) is 4. The molecule has 0 radical (unpaired) electrons. The topological polar surface area (TPSA) is 66.3 Å². The van der Waals surface area contributed by atoms with Gasteiger partial charge in [-0.3, -0.25) is 4.79 Å². The summed E-state index contributed by atoms with van der Waals surface area (Å²) in [5, 5.41) is 14.6. The van der Waals surface area contributed by atoms with Gasteiger partial charge in [-0.2, -0.15) is 0 Å². The van der Waals surface area contributed by atoms with Gasteiger partial charge in [0.05, 0.1) is 11.4 Å². The zero-order valence-corrected chi connectivity index (χ0v) is 21.6. The first-order valence-corrected chi connectivity index (χ1v) is 13.0. The minimum atomic E-state index is -0.864. The Morgan fingerprint density at radius 2 is 1.77 bits per heavy atom. The number of carbonyl (C=O) groups is 1. The quantitative estimate of drug-likeness (QED) is 0.238. The van der Waals surface area contributed by atoms with Crippen molar-refractivity contribution in [1.29, 1.82) is 0 Å². The third kappa shape index (κ3) is 8.73. The molecule has 1 N–H and O–H groups in total. The van der Waals surface area contributed by atoms with Crippen LogP contribution in [0.4, 0.5) is 5.13 Å². The van der Waals surface area contributed by atoms with Crippen LogP contribution in [0.5, 0.6) is 0 Å². The van der Waals surface area contributed by atoms with Crippen molar-refractivity contribution in [3.8, 4) is 0 Å². The van der Waals surface area contributed by atoms with E-state index in [1.807, 2.05) is 0 Å². The molecule has 0 saturated carbocycles. The van der Waals surface area contributed by atoms with Gasteiger partial charge in [-0.05, 0) is 26.7 Å². The standard InChI is InChI=1S/C21H33N3O2S3.ClH/c1-5-7-8-9-10-12-24(19-22-16(6-2)14-27-19)13-11-17-15-28-20(23-17)29-21(3,4)18(25)26;/h14-15H,5-13H2,1-4H3,(H,25,26);1H. The highest BCUT2D eigenvalue weighted by molar-refractivity contribution is 8.03. The van der Waals surface area contributed by atoms with Crippen LogP contribution >= 0.6 is 46.8 Å². The molecule has 0 amide bonds. The second kappa shape index (κ2) is 13.6. The Bertz CT molecular complexity index is 764. The lowest BCUT2D eigenvalue weighted by atomic mass is 10.1. The predicted octanol–water partition coefficient (Wildman–Crippen LogP) is 6.56. The molecule has 170 valence electrons. The van der Waals surface area contributed by atoms with E-state index in [4.69, 9.17) is 4.98 Å². The van der Waals surface area contributed by atoms with E-state index in [0.29, 0.717) is 0 Å². The Kier molecular flexibility index (Phi) is 12.3. The molecule has 0 aliphatic carbocycles. The maximum Gasteiger partial charge on any atom is 0.319 e. The fourth-order valence-electron chi connectivity index (χ4n) is 2.77. The minimum absolute atomic E-state index is 0. The van der Waals surface area contributed by atoms with E-state index in [9.17, 15) is 9.90 Å². The van der Waals surface area contributed by atoms with Gasteiger partial charge >= 0.3 is 5.97 Å². The lowest BCUT2D eigenvalue weighted by Crippen LogP contribution is -2.27. The minimum Gasteiger partial charge on any atom is -0.480 e. The van der Waals surface area contributed by atoms with Crippen molar-refractivity contribution in [2.45, 2.75) is 81.7 Å². The van der Waals surface area contributed by atoms with Gasteiger partial charge in [0, 0.05) is 30.3 Å². The normalized spacial score (nSPS) is 11.3. The van der Waals surface area contributed by atoms with Gasteiger partial charge in [-0.1, -0.05) is 51.3 Å². The van der Waals surface area contributed by atoms with Crippen molar-refractivity contribution in [3.63, 3.8) is 0 Å². The Morgan fingerprint density at radius 1 is 1.07 bits per heavy atom. The Hall–Kier alpha value is -0.830. The lowest BCUT2D eigenvalue weighted by Gasteiger charge is -2.21. The number of thiazole rings is 2. The number of hydrogen-bond donors (Lipinski definition) is 1. The summed E-state index contributed by atoms with van der Waals surface area (Å²) < 4.78 is -0.0436. The predicted molar refractivity (Wildman–Crippen MR) is 133 cm³/mol. The molecule has 2 heterocycles. The second-order valence-electron chi connectivity index (χ2n) is 7.65.